The van der Waals surface area contributed by atoms with Crippen molar-refractivity contribution in [3.63, 3.8) is 0 Å². The van der Waals surface area contributed by atoms with Crippen LogP contribution >= 0.6 is 43.6 Å². The lowest BCUT2D eigenvalue weighted by molar-refractivity contribution is -0.139. The average molecular weight is 432 g/mol. The second kappa shape index (κ2) is 7.33. The summed E-state index contributed by atoms with van der Waals surface area (Å²) >= 11 is 8.57. The third kappa shape index (κ3) is 5.05. The van der Waals surface area contributed by atoms with Crippen LogP contribution in [-0.2, 0) is 4.79 Å². The van der Waals surface area contributed by atoms with Crippen LogP contribution in [-0.4, -0.2) is 17.7 Å². The molecule has 0 saturated carbocycles. The molecule has 2 aromatic rings. The summed E-state index contributed by atoms with van der Waals surface area (Å²) in [6.45, 7) is 1.57. The van der Waals surface area contributed by atoms with E-state index in [1.807, 2.05) is 37.3 Å². The molecular weight excluding hydrogens is 420 g/mol. The fourth-order valence-corrected chi connectivity index (χ4v) is 4.32. The number of aliphatic carboxylic acids is 1. The summed E-state index contributed by atoms with van der Waals surface area (Å²) in [5.41, 5.74) is 0.912. The summed E-state index contributed by atoms with van der Waals surface area (Å²) in [6, 6.07) is 11.8. The van der Waals surface area contributed by atoms with Gasteiger partial charge >= 0.3 is 5.97 Å². The first-order valence-corrected chi connectivity index (χ1v) is 8.43. The summed E-state index contributed by atoms with van der Waals surface area (Å²) in [5.74, 6) is -0.385. The van der Waals surface area contributed by atoms with Crippen molar-refractivity contribution in [2.24, 2.45) is 0 Å². The third-order valence-corrected chi connectivity index (χ3v) is 4.45. The molecule has 2 rings (SSSR count). The minimum atomic E-state index is -0.980. The molecule has 0 fully saturated rings. The molecule has 0 atom stereocenters. The molecule has 3 nitrogen and oxygen atoms in total. The lowest BCUT2D eigenvalue weighted by atomic mass is 10.2. The highest BCUT2D eigenvalue weighted by Gasteiger charge is 2.06. The lowest BCUT2D eigenvalue weighted by Crippen LogP contribution is -2.09. The molecule has 1 N–H and O–H groups in total. The normalized spacial score (nSPS) is 10.4. The van der Waals surface area contributed by atoms with Gasteiger partial charge in [0.25, 0.3) is 0 Å². The van der Waals surface area contributed by atoms with Gasteiger partial charge in [0.2, 0.25) is 0 Å². The number of hydrogen-bond acceptors (Lipinski definition) is 3. The Labute approximate surface area is 144 Å². The number of benzene rings is 2. The maximum atomic E-state index is 10.5. The quantitative estimate of drug-likeness (QED) is 0.712. The van der Waals surface area contributed by atoms with Crippen LogP contribution in [0.2, 0.25) is 0 Å². The smallest absolute Gasteiger partial charge is 0.341 e. The highest BCUT2D eigenvalue weighted by molar-refractivity contribution is 9.11. The summed E-state index contributed by atoms with van der Waals surface area (Å²) in [5, 5.41) is 8.63. The first kappa shape index (κ1) is 16.4. The summed E-state index contributed by atoms with van der Waals surface area (Å²) in [4.78, 5) is 12.7. The van der Waals surface area contributed by atoms with Gasteiger partial charge in [-0.1, -0.05) is 43.6 Å². The largest absolute Gasteiger partial charge is 0.482 e. The summed E-state index contributed by atoms with van der Waals surface area (Å²) in [6.07, 6.45) is 0. The first-order chi connectivity index (χ1) is 9.94. The zero-order valence-electron chi connectivity index (χ0n) is 11.1. The fraction of sp³-hybridized carbons (Fsp3) is 0.133. The Morgan fingerprint density at radius 1 is 1.14 bits per heavy atom. The van der Waals surface area contributed by atoms with Gasteiger partial charge in [-0.25, -0.2) is 4.79 Å². The van der Waals surface area contributed by atoms with Crippen molar-refractivity contribution >= 4 is 49.6 Å². The number of aryl methyl sites for hydroxylation is 1. The first-order valence-electron chi connectivity index (χ1n) is 6.03. The predicted molar refractivity (Wildman–Crippen MR) is 90.3 cm³/mol. The van der Waals surface area contributed by atoms with Gasteiger partial charge in [-0.2, -0.15) is 0 Å². The Bertz CT molecular complexity index is 654. The van der Waals surface area contributed by atoms with Gasteiger partial charge in [0.15, 0.2) is 6.61 Å². The number of rotatable bonds is 5. The standard InChI is InChI=1S/C15H12Br2O3S/c1-9-4-12(2-3-14(9)20-8-15(18)19)21-13-6-10(16)5-11(17)7-13/h2-7H,8H2,1H3,(H,18,19). The van der Waals surface area contributed by atoms with Crippen molar-refractivity contribution in [1.29, 1.82) is 0 Å². The molecule has 0 aromatic heterocycles. The van der Waals surface area contributed by atoms with Gasteiger partial charge in [-0.15, -0.1) is 0 Å². The van der Waals surface area contributed by atoms with Gasteiger partial charge in [0.05, 0.1) is 0 Å². The van der Waals surface area contributed by atoms with Crippen molar-refractivity contribution in [2.45, 2.75) is 16.7 Å². The predicted octanol–water partition coefficient (Wildman–Crippen LogP) is 5.13. The van der Waals surface area contributed by atoms with Gasteiger partial charge in [0, 0.05) is 18.7 Å². The van der Waals surface area contributed by atoms with E-state index in [9.17, 15) is 4.79 Å². The van der Waals surface area contributed by atoms with E-state index >= 15 is 0 Å². The van der Waals surface area contributed by atoms with Crippen LogP contribution in [0.1, 0.15) is 5.56 Å². The molecule has 110 valence electrons. The number of carbonyl (C=O) groups is 1. The third-order valence-electron chi connectivity index (χ3n) is 2.57. The Kier molecular flexibility index (Phi) is 5.72. The van der Waals surface area contributed by atoms with E-state index in [1.165, 1.54) is 0 Å². The van der Waals surface area contributed by atoms with E-state index in [4.69, 9.17) is 9.84 Å². The van der Waals surface area contributed by atoms with E-state index < -0.39 is 5.97 Å². The molecule has 0 bridgehead atoms. The van der Waals surface area contributed by atoms with Gasteiger partial charge < -0.3 is 9.84 Å². The zero-order valence-corrected chi connectivity index (χ0v) is 15.1. The second-order valence-electron chi connectivity index (χ2n) is 4.32. The van der Waals surface area contributed by atoms with E-state index in [-0.39, 0.29) is 6.61 Å². The number of hydrogen-bond donors (Lipinski definition) is 1. The summed E-state index contributed by atoms with van der Waals surface area (Å²) < 4.78 is 7.24. The van der Waals surface area contributed by atoms with E-state index in [0.29, 0.717) is 5.75 Å². The molecule has 0 radical (unpaired) electrons. The van der Waals surface area contributed by atoms with Gasteiger partial charge in [-0.05, 0) is 48.9 Å². The number of ether oxygens (including phenoxy) is 1. The van der Waals surface area contributed by atoms with Crippen LogP contribution in [0.5, 0.6) is 5.75 Å². The van der Waals surface area contributed by atoms with Crippen LogP contribution in [0.15, 0.2) is 55.1 Å². The maximum Gasteiger partial charge on any atom is 0.341 e. The molecule has 0 amide bonds. The molecular formula is C15H12Br2O3S. The topological polar surface area (TPSA) is 46.5 Å². The molecule has 0 saturated heterocycles. The van der Waals surface area contributed by atoms with Crippen LogP contribution < -0.4 is 4.74 Å². The Hall–Kier alpha value is -0.980. The van der Waals surface area contributed by atoms with Crippen LogP contribution in [0.3, 0.4) is 0 Å². The zero-order chi connectivity index (χ0) is 15.4. The van der Waals surface area contributed by atoms with E-state index in [1.54, 1.807) is 17.8 Å². The highest BCUT2D eigenvalue weighted by Crippen LogP contribution is 2.34. The summed E-state index contributed by atoms with van der Waals surface area (Å²) in [7, 11) is 0. The van der Waals surface area contributed by atoms with Crippen molar-refractivity contribution in [3.8, 4) is 5.75 Å². The molecule has 0 aliphatic carbocycles. The van der Waals surface area contributed by atoms with E-state index in [2.05, 4.69) is 31.9 Å². The van der Waals surface area contributed by atoms with Crippen molar-refractivity contribution in [1.82, 2.24) is 0 Å². The Morgan fingerprint density at radius 2 is 1.81 bits per heavy atom. The van der Waals surface area contributed by atoms with Gasteiger partial charge in [-0.3, -0.25) is 0 Å². The fourth-order valence-electron chi connectivity index (χ4n) is 1.71. The van der Waals surface area contributed by atoms with Crippen molar-refractivity contribution in [3.05, 3.63) is 50.9 Å². The van der Waals surface area contributed by atoms with Crippen molar-refractivity contribution < 1.29 is 14.6 Å². The number of halogens is 2. The molecule has 0 spiro atoms. The van der Waals surface area contributed by atoms with Crippen molar-refractivity contribution in [2.75, 3.05) is 6.61 Å². The molecule has 2 aromatic carbocycles. The second-order valence-corrected chi connectivity index (χ2v) is 7.30. The Morgan fingerprint density at radius 3 is 2.38 bits per heavy atom. The van der Waals surface area contributed by atoms with Gasteiger partial charge in [0.1, 0.15) is 5.75 Å². The molecule has 0 heterocycles. The molecule has 0 aliphatic rings. The van der Waals surface area contributed by atoms with Crippen LogP contribution in [0, 0.1) is 6.92 Å². The molecule has 0 aliphatic heterocycles. The SMILES string of the molecule is Cc1cc(Sc2cc(Br)cc(Br)c2)ccc1OCC(=O)O. The van der Waals surface area contributed by atoms with Crippen LogP contribution in [0.4, 0.5) is 0 Å². The number of carboxylic acid groups (broad SMARTS) is 1. The lowest BCUT2D eigenvalue weighted by Gasteiger charge is -2.09. The average Bonchev–Trinajstić information content (AvgIpc) is 2.36. The highest BCUT2D eigenvalue weighted by atomic mass is 79.9. The Balaban J connectivity index is 2.14. The minimum Gasteiger partial charge on any atom is -0.482 e. The van der Waals surface area contributed by atoms with Crippen LogP contribution in [0.25, 0.3) is 0 Å². The minimum absolute atomic E-state index is 0.327. The molecule has 21 heavy (non-hydrogen) atoms. The monoisotopic (exact) mass is 430 g/mol. The molecule has 6 heteroatoms. The number of carboxylic acids is 1. The van der Waals surface area contributed by atoms with E-state index in [0.717, 1.165) is 24.3 Å². The maximum absolute atomic E-state index is 10.5. The molecule has 0 unspecified atom stereocenters.